The molecule has 0 saturated carbocycles. The van der Waals surface area contributed by atoms with E-state index in [1.54, 1.807) is 0 Å². The summed E-state index contributed by atoms with van der Waals surface area (Å²) >= 11 is 0. The average Bonchev–Trinajstić information content (AvgIpc) is 2.38. The molecule has 2 heterocycles. The van der Waals surface area contributed by atoms with Crippen LogP contribution in [0, 0.1) is 0 Å². The summed E-state index contributed by atoms with van der Waals surface area (Å²) in [6.45, 7) is 7.22. The van der Waals surface area contributed by atoms with Crippen LogP contribution in [0.4, 0.5) is 10.7 Å². The molecule has 110 valence electrons. The second kappa shape index (κ2) is 6.07. The number of rotatable bonds is 3. The molecule has 20 heavy (non-hydrogen) atoms. The zero-order valence-electron chi connectivity index (χ0n) is 12.3. The Bertz CT molecular complexity index is 451. The van der Waals surface area contributed by atoms with E-state index in [-0.39, 0.29) is 12.1 Å². The molecule has 0 bridgehead atoms. The molecular formula is C14H22N4O2. The molecule has 1 N–H and O–H groups in total. The molecular weight excluding hydrogens is 256 g/mol. The predicted octanol–water partition coefficient (Wildman–Crippen LogP) is 2.01. The van der Waals surface area contributed by atoms with Gasteiger partial charge in [-0.3, -0.25) is 4.90 Å². The Morgan fingerprint density at radius 3 is 2.30 bits per heavy atom. The van der Waals surface area contributed by atoms with Crippen molar-refractivity contribution in [2.45, 2.75) is 45.7 Å². The fraction of sp³-hybridized carbons (Fsp3) is 0.643. The molecule has 2 rings (SSSR count). The highest BCUT2D eigenvalue weighted by molar-refractivity contribution is 5.66. The summed E-state index contributed by atoms with van der Waals surface area (Å²) < 4.78 is 0. The number of carboxylic acid groups (broad SMARTS) is 1. The van der Waals surface area contributed by atoms with Crippen LogP contribution in [0.25, 0.3) is 0 Å². The Balaban J connectivity index is 2.09. The van der Waals surface area contributed by atoms with Crippen molar-refractivity contribution < 1.29 is 9.90 Å². The molecule has 0 aromatic carbocycles. The van der Waals surface area contributed by atoms with Crippen molar-refractivity contribution in [2.24, 2.45) is 0 Å². The summed E-state index contributed by atoms with van der Waals surface area (Å²) in [6.07, 6.45) is 4.94. The highest BCUT2D eigenvalue weighted by atomic mass is 16.4. The third-order valence-corrected chi connectivity index (χ3v) is 3.65. The van der Waals surface area contributed by atoms with E-state index in [1.165, 1.54) is 4.90 Å². The van der Waals surface area contributed by atoms with Crippen LogP contribution in [-0.4, -0.2) is 51.2 Å². The first-order valence-corrected chi connectivity index (χ1v) is 7.10. The standard InChI is InChI=1S/C14H22N4O2/c1-4-5-12-6-15-13(16-7-12)17-8-10(2)18(14(19)20)11(3)9-17/h6-7,10-11H,4-5,8-9H2,1-3H3,(H,19,20)/t10-,11+. The molecule has 2 atom stereocenters. The molecule has 0 unspecified atom stereocenters. The quantitative estimate of drug-likeness (QED) is 0.916. The molecule has 1 saturated heterocycles. The minimum Gasteiger partial charge on any atom is -0.465 e. The fourth-order valence-corrected chi connectivity index (χ4v) is 2.79. The van der Waals surface area contributed by atoms with Crippen molar-refractivity contribution >= 4 is 12.0 Å². The van der Waals surface area contributed by atoms with Crippen molar-refractivity contribution in [1.29, 1.82) is 0 Å². The number of nitrogens with zero attached hydrogens (tertiary/aromatic N) is 4. The number of hydrogen-bond acceptors (Lipinski definition) is 4. The van der Waals surface area contributed by atoms with E-state index in [1.807, 2.05) is 26.2 Å². The van der Waals surface area contributed by atoms with Crippen LogP contribution in [0.15, 0.2) is 12.4 Å². The monoisotopic (exact) mass is 278 g/mol. The lowest BCUT2D eigenvalue weighted by Crippen LogP contribution is -2.58. The average molecular weight is 278 g/mol. The number of anilines is 1. The van der Waals surface area contributed by atoms with Gasteiger partial charge in [0, 0.05) is 25.5 Å². The topological polar surface area (TPSA) is 69.6 Å². The molecule has 1 aliphatic rings. The van der Waals surface area contributed by atoms with Gasteiger partial charge in [0.15, 0.2) is 0 Å². The van der Waals surface area contributed by atoms with Gasteiger partial charge in [-0.05, 0) is 25.8 Å². The van der Waals surface area contributed by atoms with Gasteiger partial charge in [0.2, 0.25) is 5.95 Å². The Morgan fingerprint density at radius 1 is 1.30 bits per heavy atom. The third-order valence-electron chi connectivity index (χ3n) is 3.65. The first-order valence-electron chi connectivity index (χ1n) is 7.10. The summed E-state index contributed by atoms with van der Waals surface area (Å²) in [5.41, 5.74) is 1.14. The van der Waals surface area contributed by atoms with Crippen molar-refractivity contribution in [3.63, 3.8) is 0 Å². The number of hydrogen-bond donors (Lipinski definition) is 1. The van der Waals surface area contributed by atoms with Gasteiger partial charge in [-0.2, -0.15) is 0 Å². The molecule has 1 aliphatic heterocycles. The van der Waals surface area contributed by atoms with Crippen LogP contribution in [0.3, 0.4) is 0 Å². The largest absolute Gasteiger partial charge is 0.465 e. The molecule has 0 aliphatic carbocycles. The summed E-state index contributed by atoms with van der Waals surface area (Å²) in [4.78, 5) is 23.6. The van der Waals surface area contributed by atoms with Gasteiger partial charge in [0.05, 0.1) is 12.1 Å². The van der Waals surface area contributed by atoms with E-state index in [9.17, 15) is 9.90 Å². The van der Waals surface area contributed by atoms with E-state index in [2.05, 4.69) is 21.8 Å². The zero-order chi connectivity index (χ0) is 14.7. The smallest absolute Gasteiger partial charge is 0.407 e. The Kier molecular flexibility index (Phi) is 4.42. The molecule has 6 nitrogen and oxygen atoms in total. The normalized spacial score (nSPS) is 22.9. The first kappa shape index (κ1) is 14.6. The second-order valence-electron chi connectivity index (χ2n) is 5.43. The number of piperazine rings is 1. The van der Waals surface area contributed by atoms with E-state index in [4.69, 9.17) is 0 Å². The van der Waals surface area contributed by atoms with E-state index < -0.39 is 6.09 Å². The van der Waals surface area contributed by atoms with Crippen LogP contribution in [0.1, 0.15) is 32.8 Å². The number of carbonyl (C=O) groups is 1. The highest BCUT2D eigenvalue weighted by Gasteiger charge is 2.33. The van der Waals surface area contributed by atoms with Gasteiger partial charge in [-0.25, -0.2) is 14.8 Å². The Hall–Kier alpha value is -1.85. The van der Waals surface area contributed by atoms with Crippen LogP contribution in [0.5, 0.6) is 0 Å². The lowest BCUT2D eigenvalue weighted by atomic mass is 10.1. The van der Waals surface area contributed by atoms with Crippen molar-refractivity contribution in [3.8, 4) is 0 Å². The van der Waals surface area contributed by atoms with E-state index in [0.29, 0.717) is 19.0 Å². The number of amides is 1. The molecule has 0 spiro atoms. The summed E-state index contributed by atoms with van der Waals surface area (Å²) in [5, 5.41) is 9.21. The van der Waals surface area contributed by atoms with Crippen LogP contribution < -0.4 is 4.90 Å². The van der Waals surface area contributed by atoms with Gasteiger partial charge in [-0.15, -0.1) is 0 Å². The lowest BCUT2D eigenvalue weighted by molar-refractivity contribution is 0.0979. The molecule has 1 aromatic rings. The maximum absolute atomic E-state index is 11.2. The molecule has 0 radical (unpaired) electrons. The number of aryl methyl sites for hydroxylation is 1. The van der Waals surface area contributed by atoms with Crippen LogP contribution >= 0.6 is 0 Å². The van der Waals surface area contributed by atoms with Crippen LogP contribution in [0.2, 0.25) is 0 Å². The molecule has 1 fully saturated rings. The summed E-state index contributed by atoms with van der Waals surface area (Å²) in [6, 6.07) is -0.120. The summed E-state index contributed by atoms with van der Waals surface area (Å²) in [7, 11) is 0. The molecule has 1 aromatic heterocycles. The lowest BCUT2D eigenvalue weighted by Gasteiger charge is -2.42. The SMILES string of the molecule is CCCc1cnc(N2C[C@@H](C)N(C(=O)O)[C@@H](C)C2)nc1. The minimum absolute atomic E-state index is 0.0600. The zero-order valence-corrected chi connectivity index (χ0v) is 12.3. The molecule has 1 amide bonds. The highest BCUT2D eigenvalue weighted by Crippen LogP contribution is 2.19. The van der Waals surface area contributed by atoms with Gasteiger partial charge < -0.3 is 10.0 Å². The van der Waals surface area contributed by atoms with Gasteiger partial charge >= 0.3 is 6.09 Å². The second-order valence-corrected chi connectivity index (χ2v) is 5.43. The van der Waals surface area contributed by atoms with Gasteiger partial charge in [0.25, 0.3) is 0 Å². The first-order chi connectivity index (χ1) is 9.52. The molecule has 6 heteroatoms. The predicted molar refractivity (Wildman–Crippen MR) is 77.0 cm³/mol. The fourth-order valence-electron chi connectivity index (χ4n) is 2.79. The minimum atomic E-state index is -0.858. The van der Waals surface area contributed by atoms with Crippen molar-refractivity contribution in [2.75, 3.05) is 18.0 Å². The van der Waals surface area contributed by atoms with Crippen molar-refractivity contribution in [3.05, 3.63) is 18.0 Å². The van der Waals surface area contributed by atoms with Crippen molar-refractivity contribution in [1.82, 2.24) is 14.9 Å². The maximum atomic E-state index is 11.2. The maximum Gasteiger partial charge on any atom is 0.407 e. The van der Waals surface area contributed by atoms with Crippen LogP contribution in [-0.2, 0) is 6.42 Å². The number of aromatic nitrogens is 2. The van der Waals surface area contributed by atoms with Gasteiger partial charge in [0.1, 0.15) is 0 Å². The van der Waals surface area contributed by atoms with E-state index >= 15 is 0 Å². The van der Waals surface area contributed by atoms with Gasteiger partial charge in [-0.1, -0.05) is 13.3 Å². The Morgan fingerprint density at radius 2 is 1.85 bits per heavy atom. The Labute approximate surface area is 119 Å². The summed E-state index contributed by atoms with van der Waals surface area (Å²) in [5.74, 6) is 0.689. The third kappa shape index (κ3) is 3.00. The van der Waals surface area contributed by atoms with E-state index in [0.717, 1.165) is 18.4 Å².